The summed E-state index contributed by atoms with van der Waals surface area (Å²) in [5.74, 6) is 0.607. The third-order valence-corrected chi connectivity index (χ3v) is 4.38. The minimum absolute atomic E-state index is 0.0764. The van der Waals surface area contributed by atoms with E-state index in [0.29, 0.717) is 28.3 Å². The van der Waals surface area contributed by atoms with Gasteiger partial charge >= 0.3 is 6.01 Å². The number of hydrogen-bond donors (Lipinski definition) is 1. The highest BCUT2D eigenvalue weighted by atomic mass is 35.5. The first-order valence-electron chi connectivity index (χ1n) is 7.88. The lowest BCUT2D eigenvalue weighted by Crippen LogP contribution is -2.34. The Balaban J connectivity index is 1.50. The molecule has 1 N–H and O–H groups in total. The number of allylic oxidation sites excluding steroid dienone is 5. The Morgan fingerprint density at radius 3 is 2.68 bits per heavy atom. The molecule has 0 saturated heterocycles. The summed E-state index contributed by atoms with van der Waals surface area (Å²) < 4.78 is 10.7. The topological polar surface area (TPSA) is 81.3 Å². The lowest BCUT2D eigenvalue weighted by molar-refractivity contribution is 0.0734. The molecule has 2 aromatic rings. The van der Waals surface area contributed by atoms with Crippen molar-refractivity contribution in [3.63, 3.8) is 0 Å². The third-order valence-electron chi connectivity index (χ3n) is 4.03. The molecule has 1 aliphatic rings. The van der Waals surface area contributed by atoms with Crippen LogP contribution in [0.1, 0.15) is 19.8 Å². The summed E-state index contributed by atoms with van der Waals surface area (Å²) in [6.07, 6.45) is 10.6. The van der Waals surface area contributed by atoms with Gasteiger partial charge in [-0.15, -0.1) is 0 Å². The maximum Gasteiger partial charge on any atom is 0.316 e. The molecule has 1 fully saturated rings. The summed E-state index contributed by atoms with van der Waals surface area (Å²) in [5, 5.41) is 13.3. The van der Waals surface area contributed by atoms with Crippen LogP contribution in [0.3, 0.4) is 0 Å². The molecule has 0 aromatic carbocycles. The van der Waals surface area contributed by atoms with E-state index in [0.717, 1.165) is 18.4 Å². The summed E-state index contributed by atoms with van der Waals surface area (Å²) in [6.45, 7) is 5.96. The Morgan fingerprint density at radius 1 is 1.36 bits per heavy atom. The quantitative estimate of drug-likeness (QED) is 0.776. The van der Waals surface area contributed by atoms with Crippen molar-refractivity contribution in [3.05, 3.63) is 53.9 Å². The van der Waals surface area contributed by atoms with E-state index in [1.54, 1.807) is 12.4 Å². The minimum Gasteiger partial charge on any atom is -0.491 e. The van der Waals surface area contributed by atoms with Crippen LogP contribution in [0, 0.1) is 5.92 Å². The monoisotopic (exact) mass is 359 g/mol. The smallest absolute Gasteiger partial charge is 0.316 e. The average Bonchev–Trinajstić information content (AvgIpc) is 3.02. The van der Waals surface area contributed by atoms with Crippen LogP contribution in [0.2, 0.25) is 0 Å². The number of hydrogen-bond acceptors (Lipinski definition) is 6. The van der Waals surface area contributed by atoms with Crippen LogP contribution in [-0.2, 0) is 0 Å². The van der Waals surface area contributed by atoms with E-state index >= 15 is 0 Å². The van der Waals surface area contributed by atoms with Crippen LogP contribution < -0.4 is 4.74 Å². The predicted molar refractivity (Wildman–Crippen MR) is 94.2 cm³/mol. The summed E-state index contributed by atoms with van der Waals surface area (Å²) >= 11 is 5.94. The molecule has 2 aromatic heterocycles. The Kier molecular flexibility index (Phi) is 5.19. The lowest BCUT2D eigenvalue weighted by atomic mass is 9.77. The van der Waals surface area contributed by atoms with Crippen molar-refractivity contribution in [3.8, 4) is 23.2 Å². The Labute approximate surface area is 150 Å². The SMILES string of the molecule is C=C(/C=C\C(Cl)=C/C)[C@H]1C[C@H](Oc2ncc(-c3cc(O)no3)cn2)C1. The summed E-state index contributed by atoms with van der Waals surface area (Å²) in [7, 11) is 0. The van der Waals surface area contributed by atoms with Crippen LogP contribution in [-0.4, -0.2) is 26.3 Å². The van der Waals surface area contributed by atoms with Crippen LogP contribution in [0.4, 0.5) is 0 Å². The van der Waals surface area contributed by atoms with Gasteiger partial charge in [0.25, 0.3) is 5.88 Å². The number of aromatic nitrogens is 3. The molecule has 7 heteroatoms. The molecule has 1 aliphatic carbocycles. The van der Waals surface area contributed by atoms with E-state index < -0.39 is 0 Å². The van der Waals surface area contributed by atoms with E-state index in [9.17, 15) is 5.11 Å². The Morgan fingerprint density at radius 2 is 2.08 bits per heavy atom. The Hall–Kier alpha value is -2.60. The molecule has 0 bridgehead atoms. The van der Waals surface area contributed by atoms with Crippen LogP contribution >= 0.6 is 11.6 Å². The fraction of sp³-hybridized carbons (Fsp3) is 0.278. The van der Waals surface area contributed by atoms with Gasteiger partial charge in [-0.25, -0.2) is 9.97 Å². The second kappa shape index (κ2) is 7.53. The van der Waals surface area contributed by atoms with Gasteiger partial charge in [0.05, 0.1) is 5.56 Å². The zero-order valence-electron chi connectivity index (χ0n) is 13.7. The summed E-state index contributed by atoms with van der Waals surface area (Å²) in [5.41, 5.74) is 1.66. The zero-order valence-corrected chi connectivity index (χ0v) is 14.5. The van der Waals surface area contributed by atoms with Gasteiger partial charge in [0.1, 0.15) is 6.10 Å². The fourth-order valence-corrected chi connectivity index (χ4v) is 2.50. The molecule has 0 atom stereocenters. The van der Waals surface area contributed by atoms with Crippen molar-refractivity contribution < 1.29 is 14.4 Å². The first-order chi connectivity index (χ1) is 12.0. The summed E-state index contributed by atoms with van der Waals surface area (Å²) in [6, 6.07) is 1.71. The van der Waals surface area contributed by atoms with E-state index in [1.165, 1.54) is 6.07 Å². The predicted octanol–water partition coefficient (Wildman–Crippen LogP) is 4.25. The van der Waals surface area contributed by atoms with Crippen molar-refractivity contribution in [2.24, 2.45) is 5.92 Å². The van der Waals surface area contributed by atoms with E-state index in [1.807, 2.05) is 25.2 Å². The molecule has 25 heavy (non-hydrogen) atoms. The van der Waals surface area contributed by atoms with Crippen molar-refractivity contribution in [1.82, 2.24) is 15.1 Å². The zero-order chi connectivity index (χ0) is 17.8. The van der Waals surface area contributed by atoms with Crippen LogP contribution in [0.5, 0.6) is 11.9 Å². The van der Waals surface area contributed by atoms with Gasteiger partial charge in [-0.2, -0.15) is 0 Å². The molecule has 6 nitrogen and oxygen atoms in total. The molecule has 0 spiro atoms. The molecule has 0 unspecified atom stereocenters. The summed E-state index contributed by atoms with van der Waals surface area (Å²) in [4.78, 5) is 8.33. The van der Waals surface area contributed by atoms with E-state index in [2.05, 4.69) is 21.7 Å². The van der Waals surface area contributed by atoms with Gasteiger partial charge in [-0.3, -0.25) is 0 Å². The standard InChI is InChI=1S/C18H18ClN3O3/c1-3-14(19)5-4-11(2)12-6-15(7-12)24-18-20-9-13(10-21-18)16-8-17(23)22-25-16/h3-5,8-10,12,15H,2,6-7H2,1H3,(H,22,23)/b5-4-,14-3+/t12-,15-. The molecular formula is C18H18ClN3O3. The highest BCUT2D eigenvalue weighted by molar-refractivity contribution is 6.31. The third kappa shape index (κ3) is 4.28. The first kappa shape index (κ1) is 17.2. The maximum atomic E-state index is 9.19. The maximum absolute atomic E-state index is 9.19. The normalized spacial score (nSPS) is 20.5. The van der Waals surface area contributed by atoms with Gasteiger partial charge in [0.2, 0.25) is 0 Å². The van der Waals surface area contributed by atoms with Crippen LogP contribution in [0.15, 0.2) is 58.4 Å². The highest BCUT2D eigenvalue weighted by Gasteiger charge is 2.32. The van der Waals surface area contributed by atoms with E-state index in [4.69, 9.17) is 20.9 Å². The largest absolute Gasteiger partial charge is 0.491 e. The van der Waals surface area contributed by atoms with Crippen molar-refractivity contribution in [2.45, 2.75) is 25.9 Å². The second-order valence-electron chi connectivity index (χ2n) is 5.79. The molecule has 2 heterocycles. The van der Waals surface area contributed by atoms with Gasteiger partial charge in [-0.05, 0) is 36.9 Å². The molecule has 3 rings (SSSR count). The average molecular weight is 360 g/mol. The molecule has 0 radical (unpaired) electrons. The van der Waals surface area contributed by atoms with Crippen molar-refractivity contribution in [1.29, 1.82) is 0 Å². The first-order valence-corrected chi connectivity index (χ1v) is 8.26. The number of aromatic hydroxyl groups is 1. The fourth-order valence-electron chi connectivity index (χ4n) is 2.44. The molecule has 0 amide bonds. The molecule has 130 valence electrons. The van der Waals surface area contributed by atoms with Gasteiger partial charge in [-0.1, -0.05) is 35.9 Å². The van der Waals surface area contributed by atoms with Crippen LogP contribution in [0.25, 0.3) is 11.3 Å². The number of halogens is 1. The van der Waals surface area contributed by atoms with Crippen molar-refractivity contribution in [2.75, 3.05) is 0 Å². The number of nitrogens with zero attached hydrogens (tertiary/aromatic N) is 3. The number of ether oxygens (including phenoxy) is 1. The Bertz CT molecular complexity index is 805. The number of rotatable bonds is 6. The van der Waals surface area contributed by atoms with E-state index in [-0.39, 0.29) is 12.0 Å². The van der Waals surface area contributed by atoms with Gasteiger partial charge < -0.3 is 14.4 Å². The lowest BCUT2D eigenvalue weighted by Gasteiger charge is -2.35. The van der Waals surface area contributed by atoms with Crippen molar-refractivity contribution >= 4 is 11.6 Å². The highest BCUT2D eigenvalue weighted by Crippen LogP contribution is 2.36. The molecule has 1 saturated carbocycles. The molecular weight excluding hydrogens is 342 g/mol. The second-order valence-corrected chi connectivity index (χ2v) is 6.23. The molecule has 0 aliphatic heterocycles. The minimum atomic E-state index is -0.180. The van der Waals surface area contributed by atoms with Gasteiger partial charge in [0, 0.05) is 23.5 Å². The van der Waals surface area contributed by atoms with Gasteiger partial charge in [0.15, 0.2) is 5.76 Å².